The molecule has 0 spiro atoms. The van der Waals surface area contributed by atoms with Gasteiger partial charge in [-0.2, -0.15) is 0 Å². The highest BCUT2D eigenvalue weighted by Gasteiger charge is 2.28. The molecule has 0 fully saturated rings. The van der Waals surface area contributed by atoms with Crippen molar-refractivity contribution in [2.45, 2.75) is 19.4 Å². The Morgan fingerprint density at radius 3 is 2.50 bits per heavy atom. The van der Waals surface area contributed by atoms with E-state index in [0.29, 0.717) is 15.7 Å². The monoisotopic (exact) mass is 378 g/mol. The second kappa shape index (κ2) is 7.99. The van der Waals surface area contributed by atoms with Crippen LogP contribution in [-0.2, 0) is 0 Å². The standard InChI is InChI=1S/C15H14Cl4N2O/c1-4-15(2,3)21(8-7-13(18)19)14(22)20-10-5-6-11(16)12(17)9-10/h1,5-7,9H,8H2,2-3H3,(H,20,22). The molecule has 22 heavy (non-hydrogen) atoms. The number of anilines is 1. The van der Waals surface area contributed by atoms with Crippen LogP contribution < -0.4 is 5.32 Å². The number of rotatable bonds is 4. The first-order chi connectivity index (χ1) is 10.2. The molecule has 0 radical (unpaired) electrons. The fraction of sp³-hybridized carbons (Fsp3) is 0.267. The van der Waals surface area contributed by atoms with Crippen LogP contribution in [0.1, 0.15) is 13.8 Å². The summed E-state index contributed by atoms with van der Waals surface area (Å²) in [7, 11) is 0. The molecule has 0 atom stereocenters. The van der Waals surface area contributed by atoms with Gasteiger partial charge in [0.05, 0.1) is 10.0 Å². The van der Waals surface area contributed by atoms with Gasteiger partial charge in [-0.1, -0.05) is 52.3 Å². The fourth-order valence-corrected chi connectivity index (χ4v) is 2.00. The van der Waals surface area contributed by atoms with Crippen LogP contribution in [0.3, 0.4) is 0 Å². The quantitative estimate of drug-likeness (QED) is 0.682. The Morgan fingerprint density at radius 1 is 1.36 bits per heavy atom. The van der Waals surface area contributed by atoms with Gasteiger partial charge in [-0.15, -0.1) is 6.42 Å². The Hall–Kier alpha value is -1.05. The van der Waals surface area contributed by atoms with Crippen molar-refractivity contribution in [1.82, 2.24) is 4.90 Å². The minimum atomic E-state index is -0.833. The van der Waals surface area contributed by atoms with Crippen molar-refractivity contribution < 1.29 is 4.79 Å². The molecule has 0 bridgehead atoms. The molecule has 0 aliphatic rings. The Labute approximate surface area is 150 Å². The smallest absolute Gasteiger partial charge is 0.308 e. The summed E-state index contributed by atoms with van der Waals surface area (Å²) in [6.45, 7) is 3.63. The lowest BCUT2D eigenvalue weighted by Gasteiger charge is -2.33. The highest BCUT2D eigenvalue weighted by molar-refractivity contribution is 6.55. The van der Waals surface area contributed by atoms with E-state index in [0.717, 1.165) is 0 Å². The topological polar surface area (TPSA) is 32.3 Å². The molecule has 118 valence electrons. The molecular formula is C15H14Cl4N2O. The number of amides is 2. The molecule has 1 aromatic carbocycles. The first-order valence-corrected chi connectivity index (χ1v) is 7.71. The maximum absolute atomic E-state index is 12.5. The van der Waals surface area contributed by atoms with Crippen molar-refractivity contribution in [3.05, 3.63) is 38.8 Å². The van der Waals surface area contributed by atoms with E-state index in [1.54, 1.807) is 32.0 Å². The number of benzene rings is 1. The molecule has 0 aliphatic heterocycles. The summed E-state index contributed by atoms with van der Waals surface area (Å²) in [6, 6.07) is 4.36. The number of terminal acetylenes is 1. The Kier molecular flexibility index (Phi) is 6.90. The molecular weight excluding hydrogens is 366 g/mol. The van der Waals surface area contributed by atoms with Crippen LogP contribution in [-0.4, -0.2) is 23.0 Å². The van der Waals surface area contributed by atoms with Crippen LogP contribution in [0, 0.1) is 12.3 Å². The van der Waals surface area contributed by atoms with E-state index in [4.69, 9.17) is 52.8 Å². The van der Waals surface area contributed by atoms with Crippen LogP contribution in [0.15, 0.2) is 28.8 Å². The van der Waals surface area contributed by atoms with E-state index in [9.17, 15) is 4.79 Å². The summed E-state index contributed by atoms with van der Waals surface area (Å²) in [5.74, 6) is 2.55. The van der Waals surface area contributed by atoms with Gasteiger partial charge in [0.15, 0.2) is 0 Å². The van der Waals surface area contributed by atoms with Crippen LogP contribution in [0.2, 0.25) is 10.0 Å². The van der Waals surface area contributed by atoms with Crippen molar-refractivity contribution in [3.8, 4) is 12.3 Å². The van der Waals surface area contributed by atoms with Gasteiger partial charge >= 0.3 is 6.03 Å². The van der Waals surface area contributed by atoms with Gasteiger partial charge in [-0.3, -0.25) is 0 Å². The van der Waals surface area contributed by atoms with E-state index in [1.165, 1.54) is 11.0 Å². The molecule has 0 saturated carbocycles. The fourth-order valence-electron chi connectivity index (χ4n) is 1.57. The first-order valence-electron chi connectivity index (χ1n) is 6.20. The SMILES string of the molecule is C#CC(C)(C)N(CC=C(Cl)Cl)C(=O)Nc1ccc(Cl)c(Cl)c1. The summed E-state index contributed by atoms with van der Waals surface area (Å²) in [5.41, 5.74) is -0.335. The largest absolute Gasteiger partial charge is 0.323 e. The second-order valence-corrected chi connectivity index (χ2v) is 6.69. The molecule has 1 rings (SSSR count). The zero-order valence-electron chi connectivity index (χ0n) is 12.0. The second-order valence-electron chi connectivity index (χ2n) is 4.87. The number of nitrogens with one attached hydrogen (secondary N) is 1. The van der Waals surface area contributed by atoms with E-state index >= 15 is 0 Å². The van der Waals surface area contributed by atoms with Crippen molar-refractivity contribution in [2.24, 2.45) is 0 Å². The average molecular weight is 380 g/mol. The third-order valence-electron chi connectivity index (χ3n) is 2.87. The Morgan fingerprint density at radius 2 is 2.00 bits per heavy atom. The predicted molar refractivity (Wildman–Crippen MR) is 94.9 cm³/mol. The van der Waals surface area contributed by atoms with E-state index < -0.39 is 11.6 Å². The Bertz CT molecular complexity index is 631. The van der Waals surface area contributed by atoms with Gasteiger partial charge in [0.25, 0.3) is 0 Å². The van der Waals surface area contributed by atoms with Gasteiger partial charge in [-0.25, -0.2) is 4.79 Å². The Balaban J connectivity index is 2.99. The average Bonchev–Trinajstić information content (AvgIpc) is 2.42. The van der Waals surface area contributed by atoms with Crippen LogP contribution in [0.4, 0.5) is 10.5 Å². The van der Waals surface area contributed by atoms with Crippen molar-refractivity contribution in [1.29, 1.82) is 0 Å². The molecule has 7 heteroatoms. The zero-order chi connectivity index (χ0) is 16.9. The molecule has 2 amide bonds. The zero-order valence-corrected chi connectivity index (χ0v) is 15.0. The molecule has 0 saturated heterocycles. The number of hydrogen-bond donors (Lipinski definition) is 1. The van der Waals surface area contributed by atoms with Gasteiger partial charge in [0.2, 0.25) is 0 Å². The number of hydrogen-bond acceptors (Lipinski definition) is 1. The number of carbonyl (C=O) groups excluding carboxylic acids is 1. The highest BCUT2D eigenvalue weighted by Crippen LogP contribution is 2.26. The van der Waals surface area contributed by atoms with E-state index in [2.05, 4.69) is 11.2 Å². The van der Waals surface area contributed by atoms with Gasteiger partial charge < -0.3 is 10.2 Å². The molecule has 0 unspecified atom stereocenters. The van der Waals surface area contributed by atoms with E-state index in [-0.39, 0.29) is 11.0 Å². The molecule has 0 aromatic heterocycles. The minimum Gasteiger partial charge on any atom is -0.308 e. The maximum Gasteiger partial charge on any atom is 0.323 e. The predicted octanol–water partition coefficient (Wildman–Crippen LogP) is 5.56. The molecule has 0 aliphatic carbocycles. The molecule has 1 aromatic rings. The van der Waals surface area contributed by atoms with E-state index in [1.807, 2.05) is 0 Å². The third kappa shape index (κ3) is 5.30. The highest BCUT2D eigenvalue weighted by atomic mass is 35.5. The van der Waals surface area contributed by atoms with Crippen molar-refractivity contribution >= 4 is 58.1 Å². The molecule has 0 heterocycles. The van der Waals surface area contributed by atoms with Crippen molar-refractivity contribution in [3.63, 3.8) is 0 Å². The first kappa shape index (κ1) is 19.0. The summed E-state index contributed by atoms with van der Waals surface area (Å²) in [5, 5.41) is 3.45. The molecule has 3 nitrogen and oxygen atoms in total. The lowest BCUT2D eigenvalue weighted by Crippen LogP contribution is -2.48. The number of nitrogens with zero attached hydrogens (tertiary/aromatic N) is 1. The summed E-state index contributed by atoms with van der Waals surface area (Å²) >= 11 is 23.0. The van der Waals surface area contributed by atoms with Gasteiger partial charge in [0, 0.05) is 12.2 Å². The van der Waals surface area contributed by atoms with Crippen LogP contribution in [0.25, 0.3) is 0 Å². The minimum absolute atomic E-state index is 0.0557. The van der Waals surface area contributed by atoms with Crippen LogP contribution in [0.5, 0.6) is 0 Å². The number of urea groups is 1. The molecule has 1 N–H and O–H groups in total. The maximum atomic E-state index is 12.5. The van der Waals surface area contributed by atoms with Gasteiger partial charge in [0.1, 0.15) is 10.0 Å². The lowest BCUT2D eigenvalue weighted by molar-refractivity contribution is 0.185. The number of carbonyl (C=O) groups is 1. The number of halogens is 4. The third-order valence-corrected chi connectivity index (χ3v) is 3.92. The lowest BCUT2D eigenvalue weighted by atomic mass is 10.0. The summed E-state index contributed by atoms with van der Waals surface area (Å²) in [6.07, 6.45) is 6.97. The van der Waals surface area contributed by atoms with Crippen molar-refractivity contribution in [2.75, 3.05) is 11.9 Å². The summed E-state index contributed by atoms with van der Waals surface area (Å²) < 4.78 is 0.0557. The normalized spacial score (nSPS) is 10.6. The van der Waals surface area contributed by atoms with Crippen LogP contribution >= 0.6 is 46.4 Å². The van der Waals surface area contributed by atoms with Gasteiger partial charge in [-0.05, 0) is 38.1 Å². The summed E-state index contributed by atoms with van der Waals surface area (Å²) in [4.78, 5) is 13.9.